The number of fused-ring (bicyclic) bond motifs is 2. The van der Waals surface area contributed by atoms with Crippen molar-refractivity contribution in [2.75, 3.05) is 13.2 Å². The van der Waals surface area contributed by atoms with Crippen LogP contribution in [0.3, 0.4) is 0 Å². The number of hydrogen-bond acceptors (Lipinski definition) is 10. The molecule has 4 aliphatic rings. The molecule has 2 aliphatic carbocycles. The first-order valence-corrected chi connectivity index (χ1v) is 11.5. The van der Waals surface area contributed by atoms with Crippen molar-refractivity contribution < 1.29 is 47.6 Å². The predicted molar refractivity (Wildman–Crippen MR) is 105 cm³/mol. The molecule has 4 rings (SSSR count). The van der Waals surface area contributed by atoms with Crippen LogP contribution < -0.4 is 0 Å². The van der Waals surface area contributed by atoms with Gasteiger partial charge in [0, 0.05) is 12.8 Å². The Morgan fingerprint density at radius 3 is 1.50 bits per heavy atom. The molecule has 2 saturated carbocycles. The van der Waals surface area contributed by atoms with Crippen molar-refractivity contribution in [3.05, 3.63) is 0 Å². The summed E-state index contributed by atoms with van der Waals surface area (Å²) in [7, 11) is 0. The van der Waals surface area contributed by atoms with Crippen molar-refractivity contribution in [2.24, 2.45) is 11.8 Å². The lowest BCUT2D eigenvalue weighted by molar-refractivity contribution is -0.148. The Morgan fingerprint density at radius 1 is 0.656 bits per heavy atom. The van der Waals surface area contributed by atoms with E-state index in [1.165, 1.54) is 0 Å². The molecular weight excluding hydrogens is 424 g/mol. The highest BCUT2D eigenvalue weighted by atomic mass is 16.8. The van der Waals surface area contributed by atoms with E-state index in [4.69, 9.17) is 28.4 Å². The van der Waals surface area contributed by atoms with Gasteiger partial charge in [0.25, 0.3) is 0 Å². The number of carbonyl (C=O) groups excluding carboxylic acids is 4. The minimum atomic E-state index is -0.613. The van der Waals surface area contributed by atoms with Crippen LogP contribution in [0.4, 0.5) is 9.59 Å². The average molecular weight is 454 g/mol. The minimum Gasteiger partial charge on any atom is -0.465 e. The molecule has 6 unspecified atom stereocenters. The van der Waals surface area contributed by atoms with Crippen molar-refractivity contribution in [3.8, 4) is 0 Å². The van der Waals surface area contributed by atoms with Crippen LogP contribution in [0.25, 0.3) is 0 Å². The molecule has 0 aromatic rings. The molecule has 10 nitrogen and oxygen atoms in total. The van der Waals surface area contributed by atoms with Crippen LogP contribution in [0.1, 0.15) is 64.2 Å². The average Bonchev–Trinajstić information content (AvgIpc) is 3.33. The van der Waals surface area contributed by atoms with Gasteiger partial charge >= 0.3 is 24.2 Å². The van der Waals surface area contributed by atoms with Crippen LogP contribution in [-0.4, -0.2) is 61.9 Å². The first-order chi connectivity index (χ1) is 15.5. The van der Waals surface area contributed by atoms with Crippen LogP contribution in [0.15, 0.2) is 0 Å². The second-order valence-corrected chi connectivity index (χ2v) is 9.06. The molecule has 0 aromatic carbocycles. The van der Waals surface area contributed by atoms with Crippen molar-refractivity contribution in [1.29, 1.82) is 0 Å². The first kappa shape index (κ1) is 22.7. The molecule has 178 valence electrons. The van der Waals surface area contributed by atoms with Gasteiger partial charge in [-0.05, 0) is 63.2 Å². The number of esters is 2. The predicted octanol–water partition coefficient (Wildman–Crippen LogP) is 3.04. The van der Waals surface area contributed by atoms with E-state index in [9.17, 15) is 19.2 Å². The summed E-state index contributed by atoms with van der Waals surface area (Å²) in [6.45, 7) is 0.622. The highest BCUT2D eigenvalue weighted by molar-refractivity contribution is 5.70. The lowest BCUT2D eigenvalue weighted by Gasteiger charge is -2.27. The summed E-state index contributed by atoms with van der Waals surface area (Å²) in [5.41, 5.74) is 0. The minimum absolute atomic E-state index is 0.166. The Morgan fingerprint density at radius 2 is 1.06 bits per heavy atom. The standard InChI is InChI=1S/C22H30O10/c23-19(27-11-13-5-7-15-17(9-13)31-21(25)29-15)3-1-2-4-20(24)28-12-14-6-8-16-18(10-14)32-22(26)30-16/h13-18H,1-12H2. The summed E-state index contributed by atoms with van der Waals surface area (Å²) >= 11 is 0. The molecule has 4 fully saturated rings. The monoisotopic (exact) mass is 454 g/mol. The smallest absolute Gasteiger partial charge is 0.465 e. The SMILES string of the molecule is O=C(CCCCC(=O)OCC1CCC2OC(=O)OC2C1)OCC1CCC2OC(=O)OC2C1. The molecule has 10 heteroatoms. The highest BCUT2D eigenvalue weighted by Gasteiger charge is 2.42. The maximum Gasteiger partial charge on any atom is 0.509 e. The topological polar surface area (TPSA) is 124 Å². The molecule has 0 spiro atoms. The summed E-state index contributed by atoms with van der Waals surface area (Å²) < 4.78 is 31.1. The Hall–Kier alpha value is -2.52. The summed E-state index contributed by atoms with van der Waals surface area (Å²) in [4.78, 5) is 46.3. The zero-order valence-electron chi connectivity index (χ0n) is 18.0. The molecule has 0 aromatic heterocycles. The van der Waals surface area contributed by atoms with Crippen LogP contribution in [0.2, 0.25) is 0 Å². The second kappa shape index (κ2) is 10.4. The number of hydrogen-bond donors (Lipinski definition) is 0. The molecule has 2 saturated heterocycles. The Balaban J connectivity index is 1.02. The van der Waals surface area contributed by atoms with E-state index in [-0.39, 0.29) is 61.0 Å². The molecule has 6 atom stereocenters. The summed E-state index contributed by atoms with van der Waals surface area (Å²) in [5.74, 6) is -0.242. The second-order valence-electron chi connectivity index (χ2n) is 9.06. The molecule has 0 N–H and O–H groups in total. The van der Waals surface area contributed by atoms with Gasteiger partial charge in [-0.2, -0.15) is 0 Å². The van der Waals surface area contributed by atoms with Crippen LogP contribution in [0.5, 0.6) is 0 Å². The van der Waals surface area contributed by atoms with Gasteiger partial charge in [0.15, 0.2) is 0 Å². The van der Waals surface area contributed by atoms with Crippen molar-refractivity contribution >= 4 is 24.2 Å². The molecule has 2 heterocycles. The molecular formula is C22H30O10. The van der Waals surface area contributed by atoms with Gasteiger partial charge in [-0.25, -0.2) is 9.59 Å². The van der Waals surface area contributed by atoms with Crippen molar-refractivity contribution in [1.82, 2.24) is 0 Å². The summed E-state index contributed by atoms with van der Waals surface area (Å²) in [5, 5.41) is 0. The fourth-order valence-electron chi connectivity index (χ4n) is 4.84. The van der Waals surface area contributed by atoms with E-state index in [0.717, 1.165) is 25.7 Å². The Kier molecular flexibility index (Phi) is 7.36. The van der Waals surface area contributed by atoms with E-state index < -0.39 is 12.3 Å². The van der Waals surface area contributed by atoms with E-state index in [1.54, 1.807) is 0 Å². The number of ether oxygens (including phenoxy) is 6. The Labute approximate surface area is 186 Å². The van der Waals surface area contributed by atoms with Crippen molar-refractivity contribution in [2.45, 2.75) is 88.6 Å². The first-order valence-electron chi connectivity index (χ1n) is 11.5. The molecule has 2 aliphatic heterocycles. The molecule has 0 amide bonds. The zero-order chi connectivity index (χ0) is 22.5. The zero-order valence-corrected chi connectivity index (χ0v) is 18.0. The fraction of sp³-hybridized carbons (Fsp3) is 0.818. The van der Waals surface area contributed by atoms with E-state index in [0.29, 0.717) is 38.9 Å². The third-order valence-corrected chi connectivity index (χ3v) is 6.64. The molecule has 0 bridgehead atoms. The Bertz CT molecular complexity index is 662. The van der Waals surface area contributed by atoms with Gasteiger partial charge in [-0.15, -0.1) is 0 Å². The number of carbonyl (C=O) groups is 4. The summed E-state index contributed by atoms with van der Waals surface area (Å²) in [6.07, 6.45) is 3.97. The highest BCUT2D eigenvalue weighted by Crippen LogP contribution is 2.34. The maximum absolute atomic E-state index is 12.0. The fourth-order valence-corrected chi connectivity index (χ4v) is 4.84. The van der Waals surface area contributed by atoms with Crippen LogP contribution in [0, 0.1) is 11.8 Å². The molecule has 32 heavy (non-hydrogen) atoms. The van der Waals surface area contributed by atoms with Gasteiger partial charge < -0.3 is 28.4 Å². The van der Waals surface area contributed by atoms with Gasteiger partial charge in [-0.1, -0.05) is 0 Å². The largest absolute Gasteiger partial charge is 0.509 e. The third kappa shape index (κ3) is 6.04. The molecule has 0 radical (unpaired) electrons. The van der Waals surface area contributed by atoms with Gasteiger partial charge in [-0.3, -0.25) is 9.59 Å². The maximum atomic E-state index is 12.0. The third-order valence-electron chi connectivity index (χ3n) is 6.64. The lowest BCUT2D eigenvalue weighted by Crippen LogP contribution is -2.33. The van der Waals surface area contributed by atoms with E-state index in [2.05, 4.69) is 0 Å². The van der Waals surface area contributed by atoms with Gasteiger partial charge in [0.05, 0.1) is 13.2 Å². The van der Waals surface area contributed by atoms with Crippen LogP contribution >= 0.6 is 0 Å². The number of rotatable bonds is 9. The normalized spacial score (nSPS) is 33.1. The van der Waals surface area contributed by atoms with Gasteiger partial charge in [0.1, 0.15) is 24.4 Å². The van der Waals surface area contributed by atoms with E-state index >= 15 is 0 Å². The van der Waals surface area contributed by atoms with Crippen LogP contribution in [-0.2, 0) is 38.0 Å². The quantitative estimate of drug-likeness (QED) is 0.292. The van der Waals surface area contributed by atoms with Gasteiger partial charge in [0.2, 0.25) is 0 Å². The van der Waals surface area contributed by atoms with Crippen molar-refractivity contribution in [3.63, 3.8) is 0 Å². The van der Waals surface area contributed by atoms with E-state index in [1.807, 2.05) is 0 Å². The lowest BCUT2D eigenvalue weighted by atomic mass is 9.86. The number of unbranched alkanes of at least 4 members (excludes halogenated alkanes) is 1. The summed E-state index contributed by atoms with van der Waals surface area (Å²) in [6, 6.07) is 0.